The number of nitrogens with one attached hydrogen (secondary N) is 1. The number of H-pyrrole nitrogens is 1. The third-order valence-corrected chi connectivity index (χ3v) is 5.49. The van der Waals surface area contributed by atoms with Gasteiger partial charge in [0.25, 0.3) is 5.56 Å². The van der Waals surface area contributed by atoms with Crippen LogP contribution in [0.15, 0.2) is 99.6 Å². The zero-order chi connectivity index (χ0) is 22.8. The van der Waals surface area contributed by atoms with Gasteiger partial charge in [-0.3, -0.25) is 4.79 Å². The summed E-state index contributed by atoms with van der Waals surface area (Å²) in [5.41, 5.74) is 2.30. The van der Waals surface area contributed by atoms with Crippen LogP contribution in [0, 0.1) is 6.92 Å². The summed E-state index contributed by atoms with van der Waals surface area (Å²) in [5, 5.41) is 6.56. The second-order valence-corrected chi connectivity index (χ2v) is 7.81. The molecule has 6 nitrogen and oxygen atoms in total. The van der Waals surface area contributed by atoms with Crippen LogP contribution >= 0.6 is 0 Å². The third kappa shape index (κ3) is 4.06. The summed E-state index contributed by atoms with van der Waals surface area (Å²) in [6, 6.07) is 26.7. The molecule has 0 bridgehead atoms. The van der Waals surface area contributed by atoms with E-state index in [9.17, 15) is 9.59 Å². The number of hydrogen-bond acceptors (Lipinski definition) is 4. The predicted molar refractivity (Wildman–Crippen MR) is 131 cm³/mol. The number of hydrogen-bond donors (Lipinski definition) is 1. The van der Waals surface area contributed by atoms with Crippen molar-refractivity contribution in [2.24, 2.45) is 5.10 Å². The molecule has 0 saturated carbocycles. The van der Waals surface area contributed by atoms with E-state index in [0.29, 0.717) is 28.8 Å². The van der Waals surface area contributed by atoms with Gasteiger partial charge in [0.1, 0.15) is 12.4 Å². The summed E-state index contributed by atoms with van der Waals surface area (Å²) < 4.78 is 6.98. The van der Waals surface area contributed by atoms with Gasteiger partial charge in [0.2, 0.25) is 0 Å². The minimum absolute atomic E-state index is 0.386. The van der Waals surface area contributed by atoms with E-state index in [4.69, 9.17) is 4.74 Å². The van der Waals surface area contributed by atoms with Gasteiger partial charge in [0.15, 0.2) is 0 Å². The molecular formula is C27H21N3O3. The van der Waals surface area contributed by atoms with Crippen molar-refractivity contribution >= 4 is 27.9 Å². The van der Waals surface area contributed by atoms with E-state index in [0.717, 1.165) is 26.6 Å². The summed E-state index contributed by atoms with van der Waals surface area (Å²) in [4.78, 5) is 28.1. The van der Waals surface area contributed by atoms with Gasteiger partial charge >= 0.3 is 5.69 Å². The molecule has 5 rings (SSSR count). The molecular weight excluding hydrogens is 414 g/mol. The lowest BCUT2D eigenvalue weighted by molar-refractivity contribution is 0.306. The molecule has 162 valence electrons. The van der Waals surface area contributed by atoms with E-state index in [2.05, 4.69) is 16.2 Å². The Labute approximate surface area is 189 Å². The van der Waals surface area contributed by atoms with Crippen molar-refractivity contribution in [1.29, 1.82) is 0 Å². The Morgan fingerprint density at radius 2 is 1.70 bits per heavy atom. The van der Waals surface area contributed by atoms with Crippen LogP contribution in [0.25, 0.3) is 21.7 Å². The first-order chi connectivity index (χ1) is 16.1. The maximum atomic E-state index is 12.9. The molecule has 0 aliphatic carbocycles. The Bertz CT molecular complexity index is 1630. The van der Waals surface area contributed by atoms with Crippen molar-refractivity contribution in [2.45, 2.75) is 13.5 Å². The van der Waals surface area contributed by atoms with Crippen molar-refractivity contribution in [3.63, 3.8) is 0 Å². The Morgan fingerprint density at radius 1 is 0.909 bits per heavy atom. The molecule has 0 spiro atoms. The standard InChI is InChI=1S/C27H21N3O3/c1-18-7-6-8-19(15-18)17-33-25-14-13-20-9-2-3-10-21(20)23(25)16-28-30-26(31)22-11-4-5-12-24(22)29-27(30)32/h2-16H,17H2,1H3,(H,29,32). The predicted octanol–water partition coefficient (Wildman–Crippen LogP) is 4.61. The summed E-state index contributed by atoms with van der Waals surface area (Å²) in [5.74, 6) is 0.615. The molecule has 1 N–H and O–H groups in total. The van der Waals surface area contributed by atoms with Gasteiger partial charge in [0, 0.05) is 5.56 Å². The fraction of sp³-hybridized carbons (Fsp3) is 0.0741. The first-order valence-electron chi connectivity index (χ1n) is 10.6. The fourth-order valence-electron chi connectivity index (χ4n) is 3.87. The number of benzene rings is 4. The summed E-state index contributed by atoms with van der Waals surface area (Å²) in [6.45, 7) is 2.42. The van der Waals surface area contributed by atoms with Crippen molar-refractivity contribution in [3.8, 4) is 5.75 Å². The van der Waals surface area contributed by atoms with Crippen molar-refractivity contribution < 1.29 is 4.74 Å². The van der Waals surface area contributed by atoms with Crippen LogP contribution in [0.2, 0.25) is 0 Å². The molecule has 1 heterocycles. The minimum Gasteiger partial charge on any atom is -0.488 e. The second kappa shape index (κ2) is 8.59. The number of nitrogens with zero attached hydrogens (tertiary/aromatic N) is 2. The van der Waals surface area contributed by atoms with Crippen LogP contribution in [0.4, 0.5) is 0 Å². The van der Waals surface area contributed by atoms with Crippen molar-refractivity contribution in [3.05, 3.63) is 122 Å². The van der Waals surface area contributed by atoms with E-state index in [1.165, 1.54) is 6.21 Å². The number of aromatic amines is 1. The molecule has 5 aromatic rings. The quantitative estimate of drug-likeness (QED) is 0.410. The number of aryl methyl sites for hydroxylation is 1. The van der Waals surface area contributed by atoms with Crippen LogP contribution in [0.1, 0.15) is 16.7 Å². The van der Waals surface area contributed by atoms with E-state index >= 15 is 0 Å². The molecule has 0 amide bonds. The van der Waals surface area contributed by atoms with E-state index < -0.39 is 11.2 Å². The van der Waals surface area contributed by atoms with Gasteiger partial charge in [-0.05, 0) is 41.5 Å². The monoisotopic (exact) mass is 435 g/mol. The van der Waals surface area contributed by atoms with Crippen LogP contribution in [0.5, 0.6) is 5.75 Å². The van der Waals surface area contributed by atoms with Gasteiger partial charge in [0.05, 0.1) is 17.1 Å². The molecule has 33 heavy (non-hydrogen) atoms. The average Bonchev–Trinajstić information content (AvgIpc) is 2.83. The van der Waals surface area contributed by atoms with Gasteiger partial charge < -0.3 is 9.72 Å². The highest BCUT2D eigenvalue weighted by Crippen LogP contribution is 2.27. The maximum absolute atomic E-state index is 12.9. The van der Waals surface area contributed by atoms with Crippen LogP contribution in [0.3, 0.4) is 0 Å². The molecule has 0 unspecified atom stereocenters. The Morgan fingerprint density at radius 3 is 2.55 bits per heavy atom. The molecule has 4 aromatic carbocycles. The van der Waals surface area contributed by atoms with Crippen LogP contribution in [-0.2, 0) is 6.61 Å². The van der Waals surface area contributed by atoms with Crippen LogP contribution < -0.4 is 16.0 Å². The summed E-state index contributed by atoms with van der Waals surface area (Å²) in [7, 11) is 0. The van der Waals surface area contributed by atoms with Crippen molar-refractivity contribution in [1.82, 2.24) is 9.66 Å². The second-order valence-electron chi connectivity index (χ2n) is 7.81. The molecule has 0 atom stereocenters. The summed E-state index contributed by atoms with van der Waals surface area (Å²) in [6.07, 6.45) is 1.51. The number of rotatable bonds is 5. The largest absolute Gasteiger partial charge is 0.488 e. The highest BCUT2D eigenvalue weighted by Gasteiger charge is 2.10. The maximum Gasteiger partial charge on any atom is 0.349 e. The highest BCUT2D eigenvalue weighted by molar-refractivity contribution is 6.02. The lowest BCUT2D eigenvalue weighted by atomic mass is 10.0. The zero-order valence-corrected chi connectivity index (χ0v) is 18.0. The zero-order valence-electron chi connectivity index (χ0n) is 18.0. The molecule has 6 heteroatoms. The van der Waals surface area contributed by atoms with E-state index in [1.807, 2.05) is 61.5 Å². The molecule has 0 aliphatic rings. The number of para-hydroxylation sites is 1. The first-order valence-corrected chi connectivity index (χ1v) is 10.6. The Hall–Kier alpha value is -4.45. The van der Waals surface area contributed by atoms with Gasteiger partial charge in [-0.25, -0.2) is 4.79 Å². The molecule has 0 saturated heterocycles. The number of fused-ring (bicyclic) bond motifs is 2. The number of aromatic nitrogens is 2. The first kappa shape index (κ1) is 20.5. The van der Waals surface area contributed by atoms with Crippen LogP contribution in [-0.4, -0.2) is 15.9 Å². The smallest absolute Gasteiger partial charge is 0.349 e. The summed E-state index contributed by atoms with van der Waals surface area (Å²) >= 11 is 0. The lowest BCUT2D eigenvalue weighted by Crippen LogP contribution is -2.32. The molecule has 0 radical (unpaired) electrons. The van der Waals surface area contributed by atoms with Gasteiger partial charge in [-0.15, -0.1) is 4.68 Å². The topological polar surface area (TPSA) is 76.5 Å². The third-order valence-electron chi connectivity index (χ3n) is 5.49. The van der Waals surface area contributed by atoms with Gasteiger partial charge in [-0.1, -0.05) is 72.3 Å². The molecule has 0 aliphatic heterocycles. The van der Waals surface area contributed by atoms with E-state index in [1.54, 1.807) is 24.3 Å². The Balaban J connectivity index is 1.59. The number of ether oxygens (including phenoxy) is 1. The Kier molecular flexibility index (Phi) is 5.32. The SMILES string of the molecule is Cc1cccc(COc2ccc3ccccc3c2C=Nn2c(=O)[nH]c3ccccc3c2=O)c1. The molecule has 1 aromatic heterocycles. The van der Waals surface area contributed by atoms with Gasteiger partial charge in [-0.2, -0.15) is 5.10 Å². The highest BCUT2D eigenvalue weighted by atomic mass is 16.5. The van der Waals surface area contributed by atoms with E-state index in [-0.39, 0.29) is 0 Å². The minimum atomic E-state index is -0.600. The lowest BCUT2D eigenvalue weighted by Gasteiger charge is -2.12. The average molecular weight is 435 g/mol. The molecule has 0 fully saturated rings. The normalized spacial score (nSPS) is 11.4. The fourth-order valence-corrected chi connectivity index (χ4v) is 3.87. The van der Waals surface area contributed by atoms with Crippen molar-refractivity contribution in [2.75, 3.05) is 0 Å².